The number of primary sulfonamides is 1. The Morgan fingerprint density at radius 2 is 1.45 bits per heavy atom. The third kappa shape index (κ3) is 12.7. The third-order valence-electron chi connectivity index (χ3n) is 9.91. The second-order valence-corrected chi connectivity index (χ2v) is 19.5. The van der Waals surface area contributed by atoms with Gasteiger partial charge in [0.1, 0.15) is 11.2 Å². The van der Waals surface area contributed by atoms with E-state index in [2.05, 4.69) is 17.2 Å². The van der Waals surface area contributed by atoms with Gasteiger partial charge < -0.3 is 10.2 Å². The molecule has 3 N–H and O–H groups in total. The Kier molecular flexibility index (Phi) is 16.1. The van der Waals surface area contributed by atoms with E-state index >= 15 is 0 Å². The molecule has 306 valence electrons. The minimum atomic E-state index is -4.92. The van der Waals surface area contributed by atoms with Gasteiger partial charge in [0.05, 0.1) is 41.2 Å². The second kappa shape index (κ2) is 19.8. The van der Waals surface area contributed by atoms with Crippen LogP contribution in [0.25, 0.3) is 21.3 Å². The number of likely N-dealkylation sites (tertiary alicyclic amines) is 1. The van der Waals surface area contributed by atoms with Gasteiger partial charge in [-0.3, -0.25) is 9.59 Å². The van der Waals surface area contributed by atoms with Crippen molar-refractivity contribution in [1.29, 1.82) is 0 Å². The molecule has 1 atom stereocenters. The number of aromatic nitrogens is 1. The first-order valence-corrected chi connectivity index (χ1v) is 23.2. The Labute approximate surface area is 325 Å². The molecule has 1 saturated heterocycles. The van der Waals surface area contributed by atoms with Crippen molar-refractivity contribution in [3.8, 4) is 11.1 Å². The van der Waals surface area contributed by atoms with E-state index in [0.717, 1.165) is 43.4 Å². The monoisotopic (exact) mass is 832 g/mol. The van der Waals surface area contributed by atoms with Gasteiger partial charge in [-0.1, -0.05) is 102 Å². The summed E-state index contributed by atoms with van der Waals surface area (Å²) >= 11 is 0.861. The van der Waals surface area contributed by atoms with Crippen molar-refractivity contribution in [3.63, 3.8) is 0 Å². The minimum Gasteiger partial charge on any atom is -0.353 e. The van der Waals surface area contributed by atoms with Crippen LogP contribution in [0.3, 0.4) is 0 Å². The van der Waals surface area contributed by atoms with Crippen molar-refractivity contribution in [2.45, 2.75) is 114 Å². The number of nitrogens with zero attached hydrogens (tertiary/aromatic N) is 2. The van der Waals surface area contributed by atoms with Gasteiger partial charge in [0, 0.05) is 12.1 Å². The normalized spacial score (nSPS) is 15.2. The van der Waals surface area contributed by atoms with Crippen LogP contribution >= 0.6 is 11.3 Å². The van der Waals surface area contributed by atoms with Crippen molar-refractivity contribution in [2.24, 2.45) is 5.14 Å². The van der Waals surface area contributed by atoms with Gasteiger partial charge in [0.15, 0.2) is 9.84 Å². The van der Waals surface area contributed by atoms with E-state index in [1.165, 1.54) is 37.0 Å². The van der Waals surface area contributed by atoms with Crippen molar-refractivity contribution in [1.82, 2.24) is 15.2 Å². The van der Waals surface area contributed by atoms with Crippen molar-refractivity contribution >= 4 is 53.2 Å². The van der Waals surface area contributed by atoms with Crippen LogP contribution < -0.4 is 10.5 Å². The Hall–Kier alpha value is -3.15. The highest BCUT2D eigenvalue weighted by atomic mass is 32.2. The number of amides is 2. The molecule has 55 heavy (non-hydrogen) atoms. The molecular weight excluding hydrogens is 781 g/mol. The highest BCUT2D eigenvalue weighted by molar-refractivity contribution is 7.93. The fourth-order valence-electron chi connectivity index (χ4n) is 6.72. The van der Waals surface area contributed by atoms with Crippen LogP contribution in [0.2, 0.25) is 0 Å². The van der Waals surface area contributed by atoms with Crippen LogP contribution in [0.15, 0.2) is 42.5 Å². The molecule has 1 fully saturated rings. The number of hydrogen-bond acceptors (Lipinski definition) is 8. The van der Waals surface area contributed by atoms with Gasteiger partial charge >= 0.3 is 6.18 Å². The van der Waals surface area contributed by atoms with E-state index < -0.39 is 67.3 Å². The third-order valence-corrected chi connectivity index (χ3v) is 14.4. The average molecular weight is 833 g/mol. The van der Waals surface area contributed by atoms with Crippen LogP contribution in [0.4, 0.5) is 17.6 Å². The number of unbranched alkanes of at least 4 members (excludes halogenated alkanes) is 11. The predicted octanol–water partition coefficient (Wildman–Crippen LogP) is 7.82. The Balaban J connectivity index is 1.64. The first-order valence-electron chi connectivity index (χ1n) is 19.0. The number of carbonyl (C=O) groups excluding carboxylic acids is 2. The Bertz CT molecular complexity index is 1970. The molecule has 4 rings (SSSR count). The van der Waals surface area contributed by atoms with Crippen LogP contribution in [0, 0.1) is 0 Å². The quantitative estimate of drug-likeness (QED) is 0.0729. The summed E-state index contributed by atoms with van der Waals surface area (Å²) in [5.74, 6) is -3.57. The molecule has 0 aliphatic carbocycles. The molecule has 2 aromatic carbocycles. The Morgan fingerprint density at radius 3 is 2.04 bits per heavy atom. The summed E-state index contributed by atoms with van der Waals surface area (Å²) in [7, 11) is -8.99. The molecular formula is C38H52F4N4O6S3. The molecule has 1 unspecified atom stereocenters. The predicted molar refractivity (Wildman–Crippen MR) is 209 cm³/mol. The number of halogens is 4. The molecule has 3 aromatic rings. The van der Waals surface area contributed by atoms with Gasteiger partial charge in [-0.25, -0.2) is 31.3 Å². The van der Waals surface area contributed by atoms with Gasteiger partial charge in [-0.05, 0) is 41.8 Å². The first-order chi connectivity index (χ1) is 26.0. The van der Waals surface area contributed by atoms with Crippen LogP contribution in [-0.4, -0.2) is 82.0 Å². The van der Waals surface area contributed by atoms with Gasteiger partial charge in [-0.2, -0.15) is 13.2 Å². The van der Waals surface area contributed by atoms with Gasteiger partial charge in [0.25, 0.3) is 5.91 Å². The van der Waals surface area contributed by atoms with Crippen LogP contribution in [0.1, 0.15) is 112 Å². The zero-order chi connectivity index (χ0) is 40.3. The van der Waals surface area contributed by atoms with Crippen molar-refractivity contribution in [2.75, 3.05) is 31.1 Å². The number of alkyl halides is 4. The van der Waals surface area contributed by atoms with Crippen LogP contribution in [-0.2, 0) is 29.4 Å². The number of sulfone groups is 1. The van der Waals surface area contributed by atoms with Crippen LogP contribution in [0.5, 0.6) is 0 Å². The van der Waals surface area contributed by atoms with E-state index in [4.69, 9.17) is 5.14 Å². The molecule has 0 spiro atoms. The summed E-state index contributed by atoms with van der Waals surface area (Å²) in [6.45, 7) is 1.65. The zero-order valence-corrected chi connectivity index (χ0v) is 33.7. The van der Waals surface area contributed by atoms with E-state index in [0.29, 0.717) is 33.3 Å². The standard InChI is InChI=1S/C38H52F4N4O6S3/c1-2-3-4-5-6-7-8-9-10-11-12-13-19-37(35(48)44-21-23-55(43,51)52,54(49,50)22-20-38(40,41)42)36-45-32-18-17-29(25-33(32)53-36)28-15-14-16-30(24-28)34(47)46-26-31(39)27-46/h14-18,24-25,31H,2-13,19-23,26-27H2,1H3,(H,44,48)(H2,43,51,52). The zero-order valence-electron chi connectivity index (χ0n) is 31.2. The molecule has 2 heterocycles. The minimum absolute atomic E-state index is 0.0150. The number of rotatable bonds is 23. The number of benzene rings is 2. The SMILES string of the molecule is CCCCCCCCCCCCCCC(C(=O)NCCS(N)(=O)=O)(c1nc2ccc(-c3cccc(C(=O)N4CC(F)C4)c3)cc2s1)S(=O)(=O)CCC(F)(F)F. The maximum Gasteiger partial charge on any atom is 0.390 e. The summed E-state index contributed by atoms with van der Waals surface area (Å²) in [4.78, 5) is 32.9. The smallest absolute Gasteiger partial charge is 0.353 e. The maximum atomic E-state index is 14.2. The molecule has 0 bridgehead atoms. The lowest BCUT2D eigenvalue weighted by atomic mass is 9.98. The first kappa shape index (κ1) is 44.6. The van der Waals surface area contributed by atoms with Gasteiger partial charge in [-0.15, -0.1) is 11.3 Å². The Morgan fingerprint density at radius 1 is 0.855 bits per heavy atom. The van der Waals surface area contributed by atoms with E-state index in [9.17, 15) is 44.0 Å². The second-order valence-electron chi connectivity index (χ2n) is 14.4. The van der Waals surface area contributed by atoms with Gasteiger partial charge in [0.2, 0.25) is 20.7 Å². The lowest BCUT2D eigenvalue weighted by Crippen LogP contribution is -2.52. The summed E-state index contributed by atoms with van der Waals surface area (Å²) in [6.07, 6.45) is 3.61. The lowest BCUT2D eigenvalue weighted by molar-refractivity contribution is -0.130. The summed E-state index contributed by atoms with van der Waals surface area (Å²) in [5, 5.41) is 7.23. The summed E-state index contributed by atoms with van der Waals surface area (Å²) in [5.41, 5.74) is 1.89. The molecule has 17 heteroatoms. The number of hydrogen-bond donors (Lipinski definition) is 2. The molecule has 1 aliphatic heterocycles. The number of nitrogens with one attached hydrogen (secondary N) is 1. The molecule has 2 amide bonds. The van der Waals surface area contributed by atoms with Crippen molar-refractivity contribution in [3.05, 3.63) is 53.0 Å². The van der Waals surface area contributed by atoms with E-state index in [1.807, 2.05) is 0 Å². The number of carbonyl (C=O) groups is 2. The lowest BCUT2D eigenvalue weighted by Gasteiger charge is -2.34. The largest absolute Gasteiger partial charge is 0.390 e. The molecule has 0 saturated carbocycles. The molecule has 10 nitrogen and oxygen atoms in total. The summed E-state index contributed by atoms with van der Waals surface area (Å²) in [6, 6.07) is 11.7. The molecule has 1 aromatic heterocycles. The number of nitrogens with two attached hydrogens (primary N) is 1. The maximum absolute atomic E-state index is 14.2. The summed E-state index contributed by atoms with van der Waals surface area (Å²) < 4.78 is 104. The average Bonchev–Trinajstić information content (AvgIpc) is 3.54. The molecule has 0 radical (unpaired) electrons. The number of fused-ring (bicyclic) bond motifs is 1. The topological polar surface area (TPSA) is 157 Å². The fourth-order valence-corrected chi connectivity index (χ4v) is 10.7. The van der Waals surface area contributed by atoms with Crippen molar-refractivity contribution < 1.29 is 44.0 Å². The highest BCUT2D eigenvalue weighted by Gasteiger charge is 2.54. The molecule has 1 aliphatic rings. The number of sulfonamides is 1. The van der Waals surface area contributed by atoms with E-state index in [1.54, 1.807) is 42.5 Å². The van der Waals surface area contributed by atoms with E-state index in [-0.39, 0.29) is 36.8 Å². The number of thiazole rings is 1. The fraction of sp³-hybridized carbons (Fsp3) is 0.605. The highest BCUT2D eigenvalue weighted by Crippen LogP contribution is 2.43.